The van der Waals surface area contributed by atoms with Crippen LogP contribution in [0.3, 0.4) is 0 Å². The van der Waals surface area contributed by atoms with Crippen LogP contribution in [0.5, 0.6) is 0 Å². The summed E-state index contributed by atoms with van der Waals surface area (Å²) in [5.74, 6) is -1.12. The minimum absolute atomic E-state index is 0.0737. The lowest BCUT2D eigenvalue weighted by Gasteiger charge is -2.09. The predicted octanol–water partition coefficient (Wildman–Crippen LogP) is 4.88. The summed E-state index contributed by atoms with van der Waals surface area (Å²) in [5.41, 5.74) is 0.563. The summed E-state index contributed by atoms with van der Waals surface area (Å²) in [6.07, 6.45) is 0. The molecule has 104 valence electrons. The van der Waals surface area contributed by atoms with Crippen LogP contribution in [0.4, 0.5) is 10.1 Å². The van der Waals surface area contributed by atoms with Crippen molar-refractivity contribution in [3.05, 3.63) is 77.1 Å². The molecular formula is C17H11ClFNO. The summed E-state index contributed by atoms with van der Waals surface area (Å²) >= 11 is 5.81. The Labute approximate surface area is 126 Å². The average molecular weight is 300 g/mol. The fraction of sp³-hybridized carbons (Fsp3) is 0. The van der Waals surface area contributed by atoms with Crippen LogP contribution in [0.15, 0.2) is 60.7 Å². The van der Waals surface area contributed by atoms with Crippen molar-refractivity contribution in [2.75, 3.05) is 5.32 Å². The first-order valence-electron chi connectivity index (χ1n) is 6.39. The Balaban J connectivity index is 1.99. The van der Waals surface area contributed by atoms with Gasteiger partial charge in [0.15, 0.2) is 0 Å². The lowest BCUT2D eigenvalue weighted by molar-refractivity contribution is 0.102. The summed E-state index contributed by atoms with van der Waals surface area (Å²) in [6, 6.07) is 17.1. The van der Waals surface area contributed by atoms with E-state index in [1.54, 1.807) is 6.07 Å². The fourth-order valence-corrected chi connectivity index (χ4v) is 2.37. The summed E-state index contributed by atoms with van der Waals surface area (Å²) in [4.78, 5) is 12.2. The predicted molar refractivity (Wildman–Crippen MR) is 83.3 cm³/mol. The van der Waals surface area contributed by atoms with E-state index in [1.165, 1.54) is 18.2 Å². The zero-order valence-electron chi connectivity index (χ0n) is 10.9. The number of hydrogen-bond donors (Lipinski definition) is 1. The van der Waals surface area contributed by atoms with Crippen molar-refractivity contribution in [1.82, 2.24) is 0 Å². The lowest BCUT2D eigenvalue weighted by Crippen LogP contribution is -2.14. The van der Waals surface area contributed by atoms with Gasteiger partial charge in [0.2, 0.25) is 0 Å². The number of fused-ring (bicyclic) bond motifs is 1. The number of hydrogen-bond acceptors (Lipinski definition) is 1. The maximum Gasteiger partial charge on any atom is 0.258 e. The second-order valence-corrected chi connectivity index (χ2v) is 5.04. The minimum atomic E-state index is -0.600. The second-order valence-electron chi connectivity index (χ2n) is 4.61. The number of amides is 1. The summed E-state index contributed by atoms with van der Waals surface area (Å²) in [5, 5.41) is 4.95. The van der Waals surface area contributed by atoms with Crippen LogP contribution >= 0.6 is 11.6 Å². The van der Waals surface area contributed by atoms with E-state index >= 15 is 0 Å². The van der Waals surface area contributed by atoms with Gasteiger partial charge in [0, 0.05) is 16.1 Å². The topological polar surface area (TPSA) is 29.1 Å². The molecule has 0 aromatic heterocycles. The summed E-state index contributed by atoms with van der Waals surface area (Å²) < 4.78 is 13.7. The van der Waals surface area contributed by atoms with Crippen molar-refractivity contribution in [2.45, 2.75) is 0 Å². The van der Waals surface area contributed by atoms with Crippen molar-refractivity contribution in [3.63, 3.8) is 0 Å². The first-order chi connectivity index (χ1) is 10.1. The third-order valence-electron chi connectivity index (χ3n) is 3.21. The molecule has 0 spiro atoms. The van der Waals surface area contributed by atoms with Crippen LogP contribution in [0, 0.1) is 5.82 Å². The summed E-state index contributed by atoms with van der Waals surface area (Å²) in [7, 11) is 0. The Kier molecular flexibility index (Phi) is 3.59. The molecule has 0 atom stereocenters. The first-order valence-corrected chi connectivity index (χ1v) is 6.77. The molecule has 0 aliphatic rings. The van der Waals surface area contributed by atoms with Gasteiger partial charge in [0.05, 0.1) is 5.56 Å². The van der Waals surface area contributed by atoms with Gasteiger partial charge in [-0.2, -0.15) is 0 Å². The maximum absolute atomic E-state index is 13.7. The normalized spacial score (nSPS) is 10.6. The molecule has 3 aromatic carbocycles. The highest BCUT2D eigenvalue weighted by atomic mass is 35.5. The van der Waals surface area contributed by atoms with Gasteiger partial charge >= 0.3 is 0 Å². The van der Waals surface area contributed by atoms with E-state index in [0.29, 0.717) is 10.7 Å². The van der Waals surface area contributed by atoms with Crippen LogP contribution in [0.2, 0.25) is 5.02 Å². The molecule has 3 rings (SSSR count). The molecule has 0 saturated heterocycles. The second kappa shape index (κ2) is 5.54. The molecular weight excluding hydrogens is 289 g/mol. The van der Waals surface area contributed by atoms with Crippen LogP contribution in [-0.4, -0.2) is 5.91 Å². The fourth-order valence-electron chi connectivity index (χ4n) is 2.20. The van der Waals surface area contributed by atoms with Crippen LogP contribution in [0.1, 0.15) is 10.4 Å². The Morgan fingerprint density at radius 1 is 1.00 bits per heavy atom. The molecule has 0 fully saturated rings. The molecule has 4 heteroatoms. The van der Waals surface area contributed by atoms with Gasteiger partial charge < -0.3 is 5.32 Å². The highest BCUT2D eigenvalue weighted by molar-refractivity contribution is 6.31. The molecule has 0 aliphatic heterocycles. The zero-order chi connectivity index (χ0) is 14.8. The highest BCUT2D eigenvalue weighted by Gasteiger charge is 2.13. The van der Waals surface area contributed by atoms with E-state index in [2.05, 4.69) is 5.32 Å². The molecule has 0 heterocycles. The van der Waals surface area contributed by atoms with Crippen molar-refractivity contribution in [3.8, 4) is 0 Å². The molecule has 0 bridgehead atoms. The molecule has 0 aliphatic carbocycles. The molecule has 2 nitrogen and oxygen atoms in total. The van der Waals surface area contributed by atoms with E-state index < -0.39 is 11.7 Å². The first kappa shape index (κ1) is 13.6. The number of anilines is 1. The van der Waals surface area contributed by atoms with E-state index in [1.807, 2.05) is 36.4 Å². The maximum atomic E-state index is 13.7. The number of carbonyl (C=O) groups is 1. The van der Waals surface area contributed by atoms with E-state index in [4.69, 9.17) is 11.6 Å². The van der Waals surface area contributed by atoms with Crippen LogP contribution in [-0.2, 0) is 0 Å². The third kappa shape index (κ3) is 2.73. The van der Waals surface area contributed by atoms with Crippen molar-refractivity contribution in [1.29, 1.82) is 0 Å². The van der Waals surface area contributed by atoms with Crippen molar-refractivity contribution < 1.29 is 9.18 Å². The van der Waals surface area contributed by atoms with Gasteiger partial charge in [0.25, 0.3) is 5.91 Å². The number of rotatable bonds is 2. The summed E-state index contributed by atoms with van der Waals surface area (Å²) in [6.45, 7) is 0. The standard InChI is InChI=1S/C17H11ClFNO/c18-12-8-9-15(19)14(10-12)17(21)20-16-7-3-5-11-4-1-2-6-13(11)16/h1-10H,(H,20,21). The van der Waals surface area contributed by atoms with Crippen LogP contribution < -0.4 is 5.32 Å². The smallest absolute Gasteiger partial charge is 0.258 e. The SMILES string of the molecule is O=C(Nc1cccc2ccccc12)c1cc(Cl)ccc1F. The molecule has 0 radical (unpaired) electrons. The number of halogens is 2. The van der Waals surface area contributed by atoms with Gasteiger partial charge in [-0.3, -0.25) is 4.79 Å². The highest BCUT2D eigenvalue weighted by Crippen LogP contribution is 2.24. The van der Waals surface area contributed by atoms with Gasteiger partial charge in [-0.1, -0.05) is 48.0 Å². The Morgan fingerprint density at radius 3 is 2.62 bits per heavy atom. The Bertz CT molecular complexity index is 827. The van der Waals surface area contributed by atoms with Gasteiger partial charge in [-0.05, 0) is 29.7 Å². The average Bonchev–Trinajstić information content (AvgIpc) is 2.50. The molecule has 0 saturated carbocycles. The van der Waals surface area contributed by atoms with E-state index in [-0.39, 0.29) is 5.56 Å². The van der Waals surface area contributed by atoms with Crippen LogP contribution in [0.25, 0.3) is 10.8 Å². The lowest BCUT2D eigenvalue weighted by atomic mass is 10.1. The monoisotopic (exact) mass is 299 g/mol. The molecule has 1 amide bonds. The third-order valence-corrected chi connectivity index (χ3v) is 3.45. The van der Waals surface area contributed by atoms with E-state index in [9.17, 15) is 9.18 Å². The zero-order valence-corrected chi connectivity index (χ0v) is 11.7. The minimum Gasteiger partial charge on any atom is -0.321 e. The number of benzene rings is 3. The van der Waals surface area contributed by atoms with Gasteiger partial charge in [-0.15, -0.1) is 0 Å². The largest absolute Gasteiger partial charge is 0.321 e. The molecule has 0 unspecified atom stereocenters. The molecule has 1 N–H and O–H groups in total. The molecule has 21 heavy (non-hydrogen) atoms. The Hall–Kier alpha value is -2.39. The number of carbonyl (C=O) groups excluding carboxylic acids is 1. The van der Waals surface area contributed by atoms with Gasteiger partial charge in [0.1, 0.15) is 5.82 Å². The quantitative estimate of drug-likeness (QED) is 0.717. The van der Waals surface area contributed by atoms with Crippen molar-refractivity contribution in [2.24, 2.45) is 0 Å². The molecule has 3 aromatic rings. The Morgan fingerprint density at radius 2 is 1.76 bits per heavy atom. The number of nitrogens with one attached hydrogen (secondary N) is 1. The van der Waals surface area contributed by atoms with Crippen molar-refractivity contribution >= 4 is 34.0 Å². The van der Waals surface area contributed by atoms with Gasteiger partial charge in [-0.25, -0.2) is 4.39 Å². The van der Waals surface area contributed by atoms with E-state index in [0.717, 1.165) is 10.8 Å².